The van der Waals surface area contributed by atoms with Crippen molar-refractivity contribution in [2.24, 2.45) is 0 Å². The molecule has 2 aromatic heterocycles. The van der Waals surface area contributed by atoms with Crippen LogP contribution in [0.4, 0.5) is 0 Å². The lowest BCUT2D eigenvalue weighted by Crippen LogP contribution is -2.40. The van der Waals surface area contributed by atoms with Crippen LogP contribution in [0.15, 0.2) is 62.6 Å². The molecular formula is C24H23N3O7S. The quantitative estimate of drug-likeness (QED) is 0.373. The molecule has 1 aliphatic heterocycles. The average molecular weight is 498 g/mol. The van der Waals surface area contributed by atoms with Crippen molar-refractivity contribution in [1.29, 1.82) is 0 Å². The van der Waals surface area contributed by atoms with E-state index in [4.69, 9.17) is 13.9 Å². The number of aromatic nitrogens is 2. The third kappa shape index (κ3) is 4.33. The van der Waals surface area contributed by atoms with Crippen LogP contribution in [0, 0.1) is 0 Å². The van der Waals surface area contributed by atoms with Gasteiger partial charge in [-0.05, 0) is 37.3 Å². The van der Waals surface area contributed by atoms with Crippen molar-refractivity contribution in [2.75, 3.05) is 26.3 Å². The summed E-state index contributed by atoms with van der Waals surface area (Å²) in [5.74, 6) is -0.551. The first kappa shape index (κ1) is 23.2. The summed E-state index contributed by atoms with van der Waals surface area (Å²) in [6, 6.07) is 12.5. The second kappa shape index (κ2) is 9.25. The minimum atomic E-state index is -3.67. The fourth-order valence-corrected chi connectivity index (χ4v) is 5.55. The number of fused-ring (bicyclic) bond motifs is 2. The largest absolute Gasteiger partial charge is 0.452 e. The second-order valence-corrected chi connectivity index (χ2v) is 9.92. The topological polar surface area (TPSA) is 121 Å². The normalized spacial score (nSPS) is 15.0. The molecule has 1 fully saturated rings. The molecule has 182 valence electrons. The summed E-state index contributed by atoms with van der Waals surface area (Å²) in [4.78, 5) is 29.6. The minimum Gasteiger partial charge on any atom is -0.452 e. The number of hydrogen-bond donors (Lipinski definition) is 0. The summed E-state index contributed by atoms with van der Waals surface area (Å²) >= 11 is 0. The van der Waals surface area contributed by atoms with Crippen molar-refractivity contribution in [3.05, 3.63) is 70.3 Å². The van der Waals surface area contributed by atoms with Crippen LogP contribution < -0.4 is 5.43 Å². The molecule has 0 aliphatic carbocycles. The van der Waals surface area contributed by atoms with Crippen LogP contribution >= 0.6 is 0 Å². The molecule has 2 aromatic carbocycles. The van der Waals surface area contributed by atoms with Gasteiger partial charge in [-0.1, -0.05) is 12.1 Å². The molecule has 5 rings (SSSR count). The summed E-state index contributed by atoms with van der Waals surface area (Å²) < 4.78 is 45.4. The van der Waals surface area contributed by atoms with E-state index in [9.17, 15) is 18.0 Å². The molecule has 0 spiro atoms. The number of aryl methyl sites for hydroxylation is 1. The van der Waals surface area contributed by atoms with Crippen molar-refractivity contribution in [3.63, 3.8) is 0 Å². The van der Waals surface area contributed by atoms with E-state index in [0.29, 0.717) is 55.2 Å². The van der Waals surface area contributed by atoms with Crippen LogP contribution in [-0.4, -0.2) is 54.5 Å². The van der Waals surface area contributed by atoms with Gasteiger partial charge in [0.15, 0.2) is 5.43 Å². The van der Waals surface area contributed by atoms with Gasteiger partial charge in [0.2, 0.25) is 15.8 Å². The van der Waals surface area contributed by atoms with Gasteiger partial charge in [-0.2, -0.15) is 4.31 Å². The predicted octanol–water partition coefficient (Wildman–Crippen LogP) is 2.54. The molecule has 0 saturated carbocycles. The number of rotatable bonds is 6. The highest BCUT2D eigenvalue weighted by atomic mass is 32.2. The number of esters is 1. The van der Waals surface area contributed by atoms with E-state index in [2.05, 4.69) is 4.98 Å². The molecule has 1 aliphatic rings. The maximum atomic E-state index is 13.0. The van der Waals surface area contributed by atoms with Gasteiger partial charge < -0.3 is 18.5 Å². The van der Waals surface area contributed by atoms with E-state index < -0.39 is 16.0 Å². The van der Waals surface area contributed by atoms with Crippen LogP contribution in [0.5, 0.6) is 0 Å². The molecule has 0 atom stereocenters. The molecule has 0 amide bonds. The van der Waals surface area contributed by atoms with E-state index >= 15 is 0 Å². The van der Waals surface area contributed by atoms with Gasteiger partial charge >= 0.3 is 5.97 Å². The zero-order valence-electron chi connectivity index (χ0n) is 19.0. The maximum absolute atomic E-state index is 13.0. The number of carbonyl (C=O) groups is 1. The van der Waals surface area contributed by atoms with Crippen molar-refractivity contribution in [1.82, 2.24) is 13.9 Å². The highest BCUT2D eigenvalue weighted by Gasteiger charge is 2.27. The van der Waals surface area contributed by atoms with E-state index in [1.165, 1.54) is 10.4 Å². The van der Waals surface area contributed by atoms with Gasteiger partial charge in [0.05, 0.1) is 34.5 Å². The van der Waals surface area contributed by atoms with Gasteiger partial charge in [0.25, 0.3) is 0 Å². The summed E-state index contributed by atoms with van der Waals surface area (Å²) in [6.07, 6.45) is 0. The van der Waals surface area contributed by atoms with Crippen LogP contribution in [0.2, 0.25) is 0 Å². The Balaban J connectivity index is 1.40. The number of sulfonamides is 1. The van der Waals surface area contributed by atoms with Crippen LogP contribution in [-0.2, 0) is 32.6 Å². The van der Waals surface area contributed by atoms with Crippen molar-refractivity contribution < 1.29 is 27.1 Å². The Labute approximate surface area is 200 Å². The molecule has 11 heteroatoms. The second-order valence-electron chi connectivity index (χ2n) is 7.99. The number of nitrogens with zero attached hydrogens (tertiary/aromatic N) is 3. The Morgan fingerprint density at radius 3 is 2.66 bits per heavy atom. The third-order valence-electron chi connectivity index (χ3n) is 5.89. The zero-order chi connectivity index (χ0) is 24.6. The summed E-state index contributed by atoms with van der Waals surface area (Å²) in [7, 11) is -3.67. The molecule has 0 bridgehead atoms. The lowest BCUT2D eigenvalue weighted by Gasteiger charge is -2.26. The highest BCUT2D eigenvalue weighted by Crippen LogP contribution is 2.24. The molecule has 3 heterocycles. The van der Waals surface area contributed by atoms with Gasteiger partial charge in [0, 0.05) is 25.7 Å². The zero-order valence-corrected chi connectivity index (χ0v) is 19.8. The average Bonchev–Trinajstić information content (AvgIpc) is 3.24. The Bertz CT molecular complexity index is 1580. The number of carbonyl (C=O) groups excluding carboxylic acids is 1. The first-order valence-electron chi connectivity index (χ1n) is 11.2. The van der Waals surface area contributed by atoms with Crippen LogP contribution in [0.25, 0.3) is 22.0 Å². The highest BCUT2D eigenvalue weighted by molar-refractivity contribution is 7.89. The lowest BCUT2D eigenvalue weighted by atomic mass is 10.2. The Morgan fingerprint density at radius 1 is 1.11 bits per heavy atom. The molecule has 1 saturated heterocycles. The first-order chi connectivity index (χ1) is 16.9. The monoisotopic (exact) mass is 497 g/mol. The van der Waals surface area contributed by atoms with E-state index in [1.54, 1.807) is 36.4 Å². The standard InChI is InChI=1S/C24H23N3O7S/c1-2-27-19-8-7-16(35(30,31)26-9-11-32-12-10-26)13-18(19)25-23(27)15-33-24(29)22-14-20(28)17-5-3-4-6-21(17)34-22/h3-8,13-14H,2,9-12,15H2,1H3. The third-order valence-corrected chi connectivity index (χ3v) is 7.79. The first-order valence-corrected chi connectivity index (χ1v) is 12.6. The van der Waals surface area contributed by atoms with Gasteiger partial charge in [-0.3, -0.25) is 4.79 Å². The van der Waals surface area contributed by atoms with Crippen LogP contribution in [0.1, 0.15) is 23.3 Å². The fraction of sp³-hybridized carbons (Fsp3) is 0.292. The fourth-order valence-electron chi connectivity index (χ4n) is 4.12. The maximum Gasteiger partial charge on any atom is 0.374 e. The van der Waals surface area contributed by atoms with E-state index in [1.807, 2.05) is 11.5 Å². The lowest BCUT2D eigenvalue weighted by molar-refractivity contribution is 0.0422. The minimum absolute atomic E-state index is 0.147. The van der Waals surface area contributed by atoms with E-state index in [0.717, 1.165) is 11.6 Å². The number of imidazole rings is 1. The number of benzene rings is 2. The van der Waals surface area contributed by atoms with Gasteiger partial charge in [0.1, 0.15) is 18.0 Å². The molecule has 35 heavy (non-hydrogen) atoms. The molecule has 0 radical (unpaired) electrons. The van der Waals surface area contributed by atoms with Gasteiger partial charge in [-0.25, -0.2) is 18.2 Å². The number of para-hydroxylation sites is 1. The number of morpholine rings is 1. The number of ether oxygens (including phenoxy) is 2. The SMILES string of the molecule is CCn1c(COC(=O)c2cc(=O)c3ccccc3o2)nc2cc(S(=O)(=O)N3CCOCC3)ccc21. The Hall–Kier alpha value is -3.54. The van der Waals surface area contributed by atoms with Crippen LogP contribution in [0.3, 0.4) is 0 Å². The van der Waals surface area contributed by atoms with Crippen molar-refractivity contribution >= 4 is 38.0 Å². The summed E-state index contributed by atoms with van der Waals surface area (Å²) in [6.45, 7) is 3.59. The Kier molecular flexibility index (Phi) is 6.13. The Morgan fingerprint density at radius 2 is 1.89 bits per heavy atom. The predicted molar refractivity (Wildman–Crippen MR) is 127 cm³/mol. The molecule has 0 N–H and O–H groups in total. The summed E-state index contributed by atoms with van der Waals surface area (Å²) in [5, 5.41) is 0.375. The number of hydrogen-bond acceptors (Lipinski definition) is 8. The van der Waals surface area contributed by atoms with Gasteiger partial charge in [-0.15, -0.1) is 0 Å². The van der Waals surface area contributed by atoms with Crippen molar-refractivity contribution in [3.8, 4) is 0 Å². The molecule has 4 aromatic rings. The van der Waals surface area contributed by atoms with Crippen molar-refractivity contribution in [2.45, 2.75) is 25.0 Å². The van der Waals surface area contributed by atoms with E-state index in [-0.39, 0.29) is 22.7 Å². The molecule has 0 unspecified atom stereocenters. The summed E-state index contributed by atoms with van der Waals surface area (Å²) in [5.41, 5.74) is 1.15. The molecular weight excluding hydrogens is 474 g/mol. The molecule has 10 nitrogen and oxygen atoms in total. The smallest absolute Gasteiger partial charge is 0.374 e.